The maximum absolute atomic E-state index is 10.7. The first-order valence-electron chi connectivity index (χ1n) is 11.0. The largest absolute Gasteiger partial charge is 0.269 e. The first kappa shape index (κ1) is 23.9. The van der Waals surface area contributed by atoms with E-state index in [1.807, 2.05) is 72.8 Å². The van der Waals surface area contributed by atoms with Crippen LogP contribution in [0.3, 0.4) is 0 Å². The van der Waals surface area contributed by atoms with Gasteiger partial charge in [-0.25, -0.2) is 0 Å². The van der Waals surface area contributed by atoms with Crippen LogP contribution >= 0.6 is 0 Å². The molecule has 0 saturated carbocycles. The van der Waals surface area contributed by atoms with Gasteiger partial charge in [0.2, 0.25) is 0 Å². The first-order chi connectivity index (χ1) is 17.5. The van der Waals surface area contributed by atoms with Crippen molar-refractivity contribution in [3.8, 4) is 11.8 Å². The molecule has 0 N–H and O–H groups in total. The zero-order valence-corrected chi connectivity index (χ0v) is 19.1. The third kappa shape index (κ3) is 6.62. The molecule has 0 amide bonds. The summed E-state index contributed by atoms with van der Waals surface area (Å²) in [5, 5.41) is 21.5. The summed E-state index contributed by atoms with van der Waals surface area (Å²) in [6, 6.07) is 28.5. The number of benzene rings is 4. The second-order valence-corrected chi connectivity index (χ2v) is 7.86. The first-order valence-corrected chi connectivity index (χ1v) is 11.0. The number of nitro groups is 2. The van der Waals surface area contributed by atoms with Crippen molar-refractivity contribution in [2.75, 3.05) is 0 Å². The van der Waals surface area contributed by atoms with Crippen LogP contribution in [0.2, 0.25) is 0 Å². The number of hydrogen-bond donors (Lipinski definition) is 0. The Bertz CT molecular complexity index is 1370. The van der Waals surface area contributed by atoms with Gasteiger partial charge in [-0.05, 0) is 70.8 Å². The lowest BCUT2D eigenvalue weighted by Crippen LogP contribution is -1.86. The van der Waals surface area contributed by atoms with Crippen molar-refractivity contribution in [1.82, 2.24) is 0 Å². The smallest absolute Gasteiger partial charge is 0.258 e. The lowest BCUT2D eigenvalue weighted by atomic mass is 10.1. The summed E-state index contributed by atoms with van der Waals surface area (Å²) in [4.78, 5) is 20.7. The maximum Gasteiger partial charge on any atom is 0.269 e. The van der Waals surface area contributed by atoms with Gasteiger partial charge >= 0.3 is 0 Å². The molecule has 0 radical (unpaired) electrons. The molecule has 4 rings (SSSR count). The third-order valence-corrected chi connectivity index (χ3v) is 5.32. The summed E-state index contributed by atoms with van der Waals surface area (Å²) >= 11 is 0. The van der Waals surface area contributed by atoms with Crippen molar-refractivity contribution < 1.29 is 9.85 Å². The average molecular weight is 473 g/mol. The third-order valence-electron chi connectivity index (χ3n) is 5.32. The number of nitro benzene ring substituents is 2. The number of hydrogen-bond acceptors (Lipinski definition) is 4. The average Bonchev–Trinajstić information content (AvgIpc) is 2.91. The Hall–Kier alpha value is -5.28. The molecule has 0 fully saturated rings. The van der Waals surface area contributed by atoms with Gasteiger partial charge in [0, 0.05) is 35.4 Å². The van der Waals surface area contributed by atoms with Crippen LogP contribution in [0.15, 0.2) is 97.1 Å². The predicted octanol–water partition coefficient (Wildman–Crippen LogP) is 7.24. The van der Waals surface area contributed by atoms with Crippen LogP contribution in [0.4, 0.5) is 11.4 Å². The molecule has 6 heteroatoms. The van der Waals surface area contributed by atoms with Gasteiger partial charge in [0.05, 0.1) is 9.85 Å². The van der Waals surface area contributed by atoms with Crippen LogP contribution < -0.4 is 0 Å². The molecule has 0 aliphatic heterocycles. The minimum absolute atomic E-state index is 0.0726. The minimum atomic E-state index is -0.413. The molecule has 0 aromatic heterocycles. The van der Waals surface area contributed by atoms with E-state index in [0.29, 0.717) is 0 Å². The molecule has 4 aromatic carbocycles. The lowest BCUT2D eigenvalue weighted by Gasteiger charge is -1.97. The van der Waals surface area contributed by atoms with Crippen molar-refractivity contribution in [2.45, 2.75) is 0 Å². The molecular formula is C30H20N2O4. The van der Waals surface area contributed by atoms with Gasteiger partial charge in [0.1, 0.15) is 0 Å². The fourth-order valence-corrected chi connectivity index (χ4v) is 3.30. The summed E-state index contributed by atoms with van der Waals surface area (Å²) < 4.78 is 0. The molecule has 0 heterocycles. The zero-order valence-electron chi connectivity index (χ0n) is 19.1. The zero-order chi connectivity index (χ0) is 25.3. The van der Waals surface area contributed by atoms with Crippen molar-refractivity contribution in [3.63, 3.8) is 0 Å². The number of nitrogens with zero attached hydrogens (tertiary/aromatic N) is 2. The molecular weight excluding hydrogens is 452 g/mol. The SMILES string of the molecule is O=[N+]([O-])c1ccc(/C=C\c2ccc(C#Cc3ccc(/C=C\c4ccc([N+](=O)[O-])cc4)cc3)cc2)cc1. The molecule has 0 saturated heterocycles. The summed E-state index contributed by atoms with van der Waals surface area (Å²) in [7, 11) is 0. The van der Waals surface area contributed by atoms with Gasteiger partial charge in [-0.1, -0.05) is 60.4 Å². The lowest BCUT2D eigenvalue weighted by molar-refractivity contribution is -0.385. The number of non-ortho nitro benzene ring substituents is 2. The molecule has 0 bridgehead atoms. The topological polar surface area (TPSA) is 86.3 Å². The highest BCUT2D eigenvalue weighted by Gasteiger charge is 2.03. The van der Waals surface area contributed by atoms with E-state index < -0.39 is 9.85 Å². The predicted molar refractivity (Wildman–Crippen MR) is 143 cm³/mol. The van der Waals surface area contributed by atoms with Gasteiger partial charge in [0.15, 0.2) is 0 Å². The summed E-state index contributed by atoms with van der Waals surface area (Å²) in [5.41, 5.74) is 5.71. The summed E-state index contributed by atoms with van der Waals surface area (Å²) in [5.74, 6) is 6.32. The monoisotopic (exact) mass is 472 g/mol. The van der Waals surface area contributed by atoms with Gasteiger partial charge < -0.3 is 0 Å². The van der Waals surface area contributed by atoms with Crippen LogP contribution in [0.5, 0.6) is 0 Å². The normalized spacial score (nSPS) is 10.8. The van der Waals surface area contributed by atoms with Crippen LogP contribution in [-0.2, 0) is 0 Å². The molecule has 6 nitrogen and oxygen atoms in total. The van der Waals surface area contributed by atoms with E-state index in [1.165, 1.54) is 24.3 Å². The van der Waals surface area contributed by atoms with Gasteiger partial charge in [-0.2, -0.15) is 0 Å². The Morgan fingerprint density at radius 3 is 0.944 bits per heavy atom. The van der Waals surface area contributed by atoms with E-state index in [0.717, 1.165) is 33.4 Å². The van der Waals surface area contributed by atoms with E-state index in [2.05, 4.69) is 11.8 Å². The summed E-state index contributed by atoms with van der Waals surface area (Å²) in [6.07, 6.45) is 7.70. The van der Waals surface area contributed by atoms with Crippen LogP contribution in [-0.4, -0.2) is 9.85 Å². The molecule has 0 spiro atoms. The fourth-order valence-electron chi connectivity index (χ4n) is 3.30. The Labute approximate surface area is 208 Å². The standard InChI is InChI=1S/C30H20N2O4/c33-31(34)29-19-15-27(16-20-29)13-11-25-7-3-23(4-8-25)1-2-24-5-9-26(10-6-24)12-14-28-17-21-30(22-18-28)32(35)36/h3-22H/b13-11-,14-12-. The molecule has 4 aromatic rings. The van der Waals surface area contributed by atoms with Crippen molar-refractivity contribution in [3.05, 3.63) is 151 Å². The molecule has 0 unspecified atom stereocenters. The van der Waals surface area contributed by atoms with E-state index in [-0.39, 0.29) is 11.4 Å². The second kappa shape index (κ2) is 11.2. The van der Waals surface area contributed by atoms with Crippen LogP contribution in [0.1, 0.15) is 33.4 Å². The molecule has 174 valence electrons. The molecule has 0 atom stereocenters. The van der Waals surface area contributed by atoms with Crippen molar-refractivity contribution in [2.24, 2.45) is 0 Å². The minimum Gasteiger partial charge on any atom is -0.258 e. The van der Waals surface area contributed by atoms with Crippen LogP contribution in [0.25, 0.3) is 24.3 Å². The Kier molecular flexibility index (Phi) is 7.44. The van der Waals surface area contributed by atoms with Gasteiger partial charge in [-0.3, -0.25) is 20.2 Å². The quantitative estimate of drug-likeness (QED) is 0.128. The maximum atomic E-state index is 10.7. The molecule has 36 heavy (non-hydrogen) atoms. The second-order valence-electron chi connectivity index (χ2n) is 7.86. The molecule has 0 aliphatic rings. The van der Waals surface area contributed by atoms with E-state index >= 15 is 0 Å². The Morgan fingerprint density at radius 2 is 0.694 bits per heavy atom. The summed E-state index contributed by atoms with van der Waals surface area (Å²) in [6.45, 7) is 0. The molecule has 0 aliphatic carbocycles. The Balaban J connectivity index is 1.35. The van der Waals surface area contributed by atoms with E-state index in [1.54, 1.807) is 24.3 Å². The van der Waals surface area contributed by atoms with E-state index in [9.17, 15) is 20.2 Å². The highest BCUT2D eigenvalue weighted by atomic mass is 16.6. The Morgan fingerprint density at radius 1 is 0.444 bits per heavy atom. The van der Waals surface area contributed by atoms with E-state index in [4.69, 9.17) is 0 Å². The van der Waals surface area contributed by atoms with Gasteiger partial charge in [-0.15, -0.1) is 0 Å². The highest BCUT2D eigenvalue weighted by molar-refractivity contribution is 5.71. The van der Waals surface area contributed by atoms with Crippen molar-refractivity contribution >= 4 is 35.7 Å². The van der Waals surface area contributed by atoms with Crippen molar-refractivity contribution in [1.29, 1.82) is 0 Å². The highest BCUT2D eigenvalue weighted by Crippen LogP contribution is 2.16. The number of rotatable bonds is 6. The van der Waals surface area contributed by atoms with Crippen LogP contribution in [0, 0.1) is 32.1 Å². The fraction of sp³-hybridized carbons (Fsp3) is 0. The van der Waals surface area contributed by atoms with Gasteiger partial charge in [0.25, 0.3) is 11.4 Å².